The fraction of sp³-hybridized carbons (Fsp3) is 0.136. The maximum atomic E-state index is 12.9. The molecule has 9 heteroatoms. The first-order valence-electron chi connectivity index (χ1n) is 9.39. The zero-order chi connectivity index (χ0) is 21.8. The Morgan fingerprint density at radius 3 is 2.55 bits per heavy atom. The van der Waals surface area contributed by atoms with E-state index < -0.39 is 15.9 Å². The van der Waals surface area contributed by atoms with Crippen LogP contribution in [-0.4, -0.2) is 28.2 Å². The molecule has 3 aromatic rings. The summed E-state index contributed by atoms with van der Waals surface area (Å²) < 4.78 is 44.1. The van der Waals surface area contributed by atoms with E-state index >= 15 is 0 Å². The van der Waals surface area contributed by atoms with Gasteiger partial charge in [-0.25, -0.2) is 13.1 Å². The van der Waals surface area contributed by atoms with Gasteiger partial charge in [-0.1, -0.05) is 30.3 Å². The van der Waals surface area contributed by atoms with Crippen molar-refractivity contribution in [3.8, 4) is 17.2 Å². The lowest BCUT2D eigenvalue weighted by Crippen LogP contribution is -2.24. The molecule has 0 bridgehead atoms. The van der Waals surface area contributed by atoms with Crippen molar-refractivity contribution in [2.75, 3.05) is 19.2 Å². The molecule has 8 nitrogen and oxygen atoms in total. The van der Waals surface area contributed by atoms with Crippen LogP contribution in [0.15, 0.2) is 71.6 Å². The average Bonchev–Trinajstić information content (AvgIpc) is 3.26. The number of sulfonamides is 1. The molecule has 3 aromatic carbocycles. The predicted molar refractivity (Wildman–Crippen MR) is 114 cm³/mol. The number of rotatable bonds is 7. The maximum absolute atomic E-state index is 12.9. The molecule has 1 aliphatic rings. The molecular weight excluding hydrogens is 420 g/mol. The van der Waals surface area contributed by atoms with E-state index in [1.165, 1.54) is 25.3 Å². The number of carbonyl (C=O) groups is 1. The first kappa shape index (κ1) is 20.7. The van der Waals surface area contributed by atoms with Crippen LogP contribution < -0.4 is 24.2 Å². The number of ether oxygens (including phenoxy) is 3. The van der Waals surface area contributed by atoms with Gasteiger partial charge >= 0.3 is 0 Å². The molecule has 1 amide bonds. The van der Waals surface area contributed by atoms with Crippen molar-refractivity contribution in [3.05, 3.63) is 77.9 Å². The normalized spacial score (nSPS) is 12.4. The Hall–Kier alpha value is -3.56. The van der Waals surface area contributed by atoms with Gasteiger partial charge in [0.1, 0.15) is 10.6 Å². The quantitative estimate of drug-likeness (QED) is 0.585. The van der Waals surface area contributed by atoms with Crippen LogP contribution in [0.1, 0.15) is 15.9 Å². The van der Waals surface area contributed by atoms with Crippen LogP contribution in [0, 0.1) is 0 Å². The van der Waals surface area contributed by atoms with E-state index in [1.54, 1.807) is 18.2 Å². The lowest BCUT2D eigenvalue weighted by Gasteiger charge is -2.13. The second-order valence-electron chi connectivity index (χ2n) is 6.70. The minimum atomic E-state index is -3.93. The summed E-state index contributed by atoms with van der Waals surface area (Å²) in [4.78, 5) is 12.6. The van der Waals surface area contributed by atoms with Gasteiger partial charge < -0.3 is 19.5 Å². The van der Waals surface area contributed by atoms with Gasteiger partial charge in [-0.15, -0.1) is 0 Å². The Morgan fingerprint density at radius 2 is 1.77 bits per heavy atom. The van der Waals surface area contributed by atoms with Crippen LogP contribution in [0.25, 0.3) is 0 Å². The summed E-state index contributed by atoms with van der Waals surface area (Å²) in [5.74, 6) is 0.794. The molecule has 0 radical (unpaired) electrons. The van der Waals surface area contributed by atoms with Gasteiger partial charge in [0, 0.05) is 23.9 Å². The van der Waals surface area contributed by atoms with Gasteiger partial charge in [-0.05, 0) is 35.9 Å². The van der Waals surface area contributed by atoms with Crippen molar-refractivity contribution in [1.82, 2.24) is 4.72 Å². The Kier molecular flexibility index (Phi) is 5.79. The van der Waals surface area contributed by atoms with Gasteiger partial charge in [0.15, 0.2) is 11.5 Å². The highest BCUT2D eigenvalue weighted by molar-refractivity contribution is 7.89. The largest absolute Gasteiger partial charge is 0.495 e. The fourth-order valence-electron chi connectivity index (χ4n) is 3.06. The van der Waals surface area contributed by atoms with Gasteiger partial charge in [0.2, 0.25) is 16.8 Å². The summed E-state index contributed by atoms with van der Waals surface area (Å²) in [5, 5.41) is 2.73. The predicted octanol–water partition coefficient (Wildman–Crippen LogP) is 3.15. The minimum absolute atomic E-state index is 0.111. The number of carbonyl (C=O) groups excluding carboxylic acids is 1. The molecule has 0 aliphatic carbocycles. The zero-order valence-corrected chi connectivity index (χ0v) is 17.4. The summed E-state index contributed by atoms with van der Waals surface area (Å²) in [6.45, 7) is 0.238. The van der Waals surface area contributed by atoms with Crippen molar-refractivity contribution in [1.29, 1.82) is 0 Å². The highest BCUT2D eigenvalue weighted by atomic mass is 32.2. The first-order valence-corrected chi connectivity index (χ1v) is 10.9. The number of anilines is 1. The number of amides is 1. The zero-order valence-electron chi connectivity index (χ0n) is 16.6. The van der Waals surface area contributed by atoms with E-state index in [-0.39, 0.29) is 29.5 Å². The topological polar surface area (TPSA) is 103 Å². The van der Waals surface area contributed by atoms with Crippen LogP contribution in [0.2, 0.25) is 0 Å². The molecule has 2 N–H and O–H groups in total. The molecule has 0 atom stereocenters. The van der Waals surface area contributed by atoms with E-state index in [0.29, 0.717) is 17.2 Å². The summed E-state index contributed by atoms with van der Waals surface area (Å²) in [6.07, 6.45) is 0. The number of fused-ring (bicyclic) bond motifs is 1. The maximum Gasteiger partial charge on any atom is 0.255 e. The standard InChI is InChI=1S/C22H20N2O6S/c1-28-19-9-7-16(22(25)24-17-8-10-18-20(12-17)30-14-29-18)11-21(19)31(26,27)23-13-15-5-3-2-4-6-15/h2-12,23H,13-14H2,1H3,(H,24,25). The van der Waals surface area contributed by atoms with Crippen molar-refractivity contribution < 1.29 is 27.4 Å². The van der Waals surface area contributed by atoms with Crippen molar-refractivity contribution in [3.63, 3.8) is 0 Å². The molecule has 1 aliphatic heterocycles. The SMILES string of the molecule is COc1ccc(C(=O)Nc2ccc3c(c2)OCO3)cc1S(=O)(=O)NCc1ccccc1. The molecule has 0 aromatic heterocycles. The van der Waals surface area contributed by atoms with Crippen molar-refractivity contribution in [2.45, 2.75) is 11.4 Å². The third-order valence-corrected chi connectivity index (χ3v) is 6.08. The number of nitrogens with one attached hydrogen (secondary N) is 2. The Balaban J connectivity index is 1.55. The molecule has 0 fully saturated rings. The number of hydrogen-bond donors (Lipinski definition) is 2. The monoisotopic (exact) mass is 440 g/mol. The molecule has 160 valence electrons. The van der Waals surface area contributed by atoms with Crippen LogP contribution in [0.3, 0.4) is 0 Å². The molecule has 0 saturated carbocycles. The smallest absolute Gasteiger partial charge is 0.255 e. The van der Waals surface area contributed by atoms with Crippen molar-refractivity contribution in [2.24, 2.45) is 0 Å². The van der Waals surface area contributed by atoms with E-state index in [1.807, 2.05) is 30.3 Å². The van der Waals surface area contributed by atoms with Gasteiger partial charge in [-0.2, -0.15) is 0 Å². The van der Waals surface area contributed by atoms with Gasteiger partial charge in [0.05, 0.1) is 7.11 Å². The number of hydrogen-bond acceptors (Lipinski definition) is 6. The summed E-state index contributed by atoms with van der Waals surface area (Å²) in [7, 11) is -2.56. The van der Waals surface area contributed by atoms with Crippen LogP contribution in [0.5, 0.6) is 17.2 Å². The van der Waals surface area contributed by atoms with Gasteiger partial charge in [-0.3, -0.25) is 4.79 Å². The molecule has 0 unspecified atom stereocenters. The van der Waals surface area contributed by atoms with E-state index in [0.717, 1.165) is 5.56 Å². The molecule has 0 spiro atoms. The molecule has 4 rings (SSSR count). The third kappa shape index (κ3) is 4.62. The summed E-state index contributed by atoms with van der Waals surface area (Å²) in [5.41, 5.74) is 1.47. The second-order valence-corrected chi connectivity index (χ2v) is 8.43. The lowest BCUT2D eigenvalue weighted by atomic mass is 10.2. The summed E-state index contributed by atoms with van der Waals surface area (Å²) >= 11 is 0. The van der Waals surface area contributed by atoms with Crippen molar-refractivity contribution >= 4 is 21.6 Å². The fourth-order valence-corrected chi connectivity index (χ4v) is 4.27. The number of methoxy groups -OCH3 is 1. The Morgan fingerprint density at radius 1 is 1.00 bits per heavy atom. The molecule has 31 heavy (non-hydrogen) atoms. The van der Waals surface area contributed by atoms with Gasteiger partial charge in [0.25, 0.3) is 5.91 Å². The Bertz CT molecular complexity index is 1210. The first-order chi connectivity index (χ1) is 15.0. The molecule has 0 saturated heterocycles. The highest BCUT2D eigenvalue weighted by Crippen LogP contribution is 2.34. The highest BCUT2D eigenvalue weighted by Gasteiger charge is 2.22. The van der Waals surface area contributed by atoms with Crippen LogP contribution >= 0.6 is 0 Å². The summed E-state index contributed by atoms with van der Waals surface area (Å²) in [6, 6.07) is 18.4. The second kappa shape index (κ2) is 8.66. The van der Waals surface area contributed by atoms with E-state index in [4.69, 9.17) is 14.2 Å². The number of benzene rings is 3. The average molecular weight is 440 g/mol. The lowest BCUT2D eigenvalue weighted by molar-refractivity contribution is 0.102. The van der Waals surface area contributed by atoms with E-state index in [9.17, 15) is 13.2 Å². The Labute approximate surface area is 179 Å². The van der Waals surface area contributed by atoms with Crippen LogP contribution in [0.4, 0.5) is 5.69 Å². The minimum Gasteiger partial charge on any atom is -0.495 e. The van der Waals surface area contributed by atoms with E-state index in [2.05, 4.69) is 10.0 Å². The van der Waals surface area contributed by atoms with Crippen LogP contribution in [-0.2, 0) is 16.6 Å². The molecule has 1 heterocycles. The molecular formula is C22H20N2O6S. The third-order valence-electron chi connectivity index (χ3n) is 4.65.